The molecule has 0 bridgehead atoms. The number of carbonyl (C=O) groups excluding carboxylic acids is 1. The second kappa shape index (κ2) is 5.96. The molecule has 2 N–H and O–H groups in total. The lowest BCUT2D eigenvalue weighted by molar-refractivity contribution is -0.121. The summed E-state index contributed by atoms with van der Waals surface area (Å²) in [5.41, 5.74) is 0.655. The van der Waals surface area contributed by atoms with Crippen molar-refractivity contribution >= 4 is 5.91 Å². The maximum absolute atomic E-state index is 13.6. The molecule has 4 heteroatoms. The maximum Gasteiger partial charge on any atom is 0.221 e. The van der Waals surface area contributed by atoms with E-state index < -0.39 is 0 Å². The van der Waals surface area contributed by atoms with E-state index in [2.05, 4.69) is 10.6 Å². The first-order valence-electron chi connectivity index (χ1n) is 6.44. The zero-order valence-electron chi connectivity index (χ0n) is 10.6. The average molecular weight is 250 g/mol. The summed E-state index contributed by atoms with van der Waals surface area (Å²) in [4.78, 5) is 11.5. The first kappa shape index (κ1) is 13.0. The van der Waals surface area contributed by atoms with Crippen molar-refractivity contribution in [3.63, 3.8) is 0 Å². The summed E-state index contributed by atoms with van der Waals surface area (Å²) < 4.78 is 13.6. The van der Waals surface area contributed by atoms with Crippen LogP contribution in [-0.2, 0) is 4.79 Å². The van der Waals surface area contributed by atoms with Crippen molar-refractivity contribution in [3.05, 3.63) is 35.6 Å². The van der Waals surface area contributed by atoms with Crippen LogP contribution < -0.4 is 10.6 Å². The van der Waals surface area contributed by atoms with Crippen LogP contribution in [0.25, 0.3) is 0 Å². The molecule has 98 valence electrons. The van der Waals surface area contributed by atoms with E-state index in [-0.39, 0.29) is 23.8 Å². The van der Waals surface area contributed by atoms with Crippen LogP contribution >= 0.6 is 0 Å². The average Bonchev–Trinajstić information content (AvgIpc) is 2.54. The minimum atomic E-state index is -0.199. The zero-order chi connectivity index (χ0) is 13.0. The number of halogens is 1. The molecule has 1 fully saturated rings. The van der Waals surface area contributed by atoms with Crippen LogP contribution in [0, 0.1) is 5.82 Å². The molecule has 0 saturated carbocycles. The third-order valence-electron chi connectivity index (χ3n) is 3.34. The second-order valence-electron chi connectivity index (χ2n) is 4.80. The van der Waals surface area contributed by atoms with E-state index in [0.717, 1.165) is 19.4 Å². The van der Waals surface area contributed by atoms with Gasteiger partial charge in [0.15, 0.2) is 0 Å². The SMILES string of the molecule is CC(NC1CCCNC(=O)C1)c1ccccc1F. The summed E-state index contributed by atoms with van der Waals surface area (Å²) in [6.45, 7) is 2.67. The fourth-order valence-electron chi connectivity index (χ4n) is 2.39. The van der Waals surface area contributed by atoms with Gasteiger partial charge in [-0.15, -0.1) is 0 Å². The highest BCUT2D eigenvalue weighted by Gasteiger charge is 2.20. The molecule has 1 aliphatic rings. The van der Waals surface area contributed by atoms with Gasteiger partial charge in [0.05, 0.1) is 0 Å². The molecule has 1 aliphatic heterocycles. The normalized spacial score (nSPS) is 22.1. The summed E-state index contributed by atoms with van der Waals surface area (Å²) in [5.74, 6) is -0.124. The van der Waals surface area contributed by atoms with E-state index in [1.165, 1.54) is 6.07 Å². The predicted octanol–water partition coefficient (Wildman–Crippen LogP) is 2.14. The molecule has 0 aliphatic carbocycles. The molecule has 1 saturated heterocycles. The van der Waals surface area contributed by atoms with Crippen molar-refractivity contribution < 1.29 is 9.18 Å². The molecular weight excluding hydrogens is 231 g/mol. The Hall–Kier alpha value is -1.42. The Balaban J connectivity index is 2.00. The van der Waals surface area contributed by atoms with Gasteiger partial charge in [0.1, 0.15) is 5.82 Å². The molecule has 1 amide bonds. The van der Waals surface area contributed by atoms with E-state index in [4.69, 9.17) is 0 Å². The smallest absolute Gasteiger partial charge is 0.221 e. The summed E-state index contributed by atoms with van der Waals surface area (Å²) in [6, 6.07) is 6.81. The van der Waals surface area contributed by atoms with Crippen molar-refractivity contribution in [2.45, 2.75) is 38.3 Å². The Morgan fingerprint density at radius 3 is 3.00 bits per heavy atom. The first-order chi connectivity index (χ1) is 8.66. The summed E-state index contributed by atoms with van der Waals surface area (Å²) >= 11 is 0. The lowest BCUT2D eigenvalue weighted by atomic mass is 10.0. The highest BCUT2D eigenvalue weighted by molar-refractivity contribution is 5.76. The maximum atomic E-state index is 13.6. The topological polar surface area (TPSA) is 41.1 Å². The van der Waals surface area contributed by atoms with Crippen LogP contribution in [-0.4, -0.2) is 18.5 Å². The van der Waals surface area contributed by atoms with E-state index >= 15 is 0 Å². The second-order valence-corrected chi connectivity index (χ2v) is 4.80. The van der Waals surface area contributed by atoms with Crippen molar-refractivity contribution in [2.75, 3.05) is 6.54 Å². The van der Waals surface area contributed by atoms with Gasteiger partial charge >= 0.3 is 0 Å². The standard InChI is InChI=1S/C14H19FN2O/c1-10(12-6-2-3-7-13(12)15)17-11-5-4-8-16-14(18)9-11/h2-3,6-7,10-11,17H,4-5,8-9H2,1H3,(H,16,18). The van der Waals surface area contributed by atoms with Crippen molar-refractivity contribution in [1.82, 2.24) is 10.6 Å². The number of rotatable bonds is 3. The Kier molecular flexibility index (Phi) is 4.31. The fourth-order valence-corrected chi connectivity index (χ4v) is 2.39. The van der Waals surface area contributed by atoms with E-state index in [1.54, 1.807) is 12.1 Å². The monoisotopic (exact) mass is 250 g/mol. The van der Waals surface area contributed by atoms with E-state index in [9.17, 15) is 9.18 Å². The summed E-state index contributed by atoms with van der Waals surface area (Å²) in [7, 11) is 0. The van der Waals surface area contributed by atoms with Gasteiger partial charge in [0.25, 0.3) is 0 Å². The van der Waals surface area contributed by atoms with Crippen LogP contribution in [0.2, 0.25) is 0 Å². The molecule has 1 heterocycles. The number of nitrogens with one attached hydrogen (secondary N) is 2. The molecule has 2 unspecified atom stereocenters. The van der Waals surface area contributed by atoms with E-state index in [1.807, 2.05) is 13.0 Å². The van der Waals surface area contributed by atoms with Crippen LogP contribution in [0.1, 0.15) is 37.8 Å². The molecule has 0 radical (unpaired) electrons. The van der Waals surface area contributed by atoms with Gasteiger partial charge in [-0.2, -0.15) is 0 Å². The van der Waals surface area contributed by atoms with Crippen LogP contribution in [0.5, 0.6) is 0 Å². The molecule has 18 heavy (non-hydrogen) atoms. The van der Waals surface area contributed by atoms with Gasteiger partial charge in [-0.25, -0.2) is 4.39 Å². The summed E-state index contributed by atoms with van der Waals surface area (Å²) in [6.07, 6.45) is 2.38. The number of carbonyl (C=O) groups is 1. The zero-order valence-corrected chi connectivity index (χ0v) is 10.6. The fraction of sp³-hybridized carbons (Fsp3) is 0.500. The molecule has 0 aromatic heterocycles. The molecule has 3 nitrogen and oxygen atoms in total. The largest absolute Gasteiger partial charge is 0.356 e. The first-order valence-corrected chi connectivity index (χ1v) is 6.44. The van der Waals surface area contributed by atoms with Gasteiger partial charge < -0.3 is 10.6 Å². The van der Waals surface area contributed by atoms with E-state index in [0.29, 0.717) is 12.0 Å². The van der Waals surface area contributed by atoms with Gasteiger partial charge in [-0.3, -0.25) is 4.79 Å². The molecular formula is C14H19FN2O. The number of amides is 1. The number of hydrogen-bond acceptors (Lipinski definition) is 2. The third kappa shape index (κ3) is 3.29. The van der Waals surface area contributed by atoms with Crippen LogP contribution in [0.3, 0.4) is 0 Å². The minimum Gasteiger partial charge on any atom is -0.356 e. The van der Waals surface area contributed by atoms with Crippen molar-refractivity contribution in [1.29, 1.82) is 0 Å². The molecule has 0 spiro atoms. The number of benzene rings is 1. The molecule has 1 aromatic carbocycles. The van der Waals surface area contributed by atoms with Crippen LogP contribution in [0.4, 0.5) is 4.39 Å². The van der Waals surface area contributed by atoms with Gasteiger partial charge in [-0.05, 0) is 25.8 Å². The molecule has 1 aromatic rings. The Bertz CT molecular complexity index is 422. The number of hydrogen-bond donors (Lipinski definition) is 2. The minimum absolute atomic E-state index is 0.0748. The Morgan fingerprint density at radius 1 is 1.44 bits per heavy atom. The summed E-state index contributed by atoms with van der Waals surface area (Å²) in [5, 5.41) is 6.19. The predicted molar refractivity (Wildman–Crippen MR) is 68.6 cm³/mol. The third-order valence-corrected chi connectivity index (χ3v) is 3.34. The highest BCUT2D eigenvalue weighted by atomic mass is 19.1. The van der Waals surface area contributed by atoms with Crippen molar-refractivity contribution in [2.24, 2.45) is 0 Å². The Morgan fingerprint density at radius 2 is 2.22 bits per heavy atom. The van der Waals surface area contributed by atoms with Gasteiger partial charge in [0.2, 0.25) is 5.91 Å². The van der Waals surface area contributed by atoms with Crippen molar-refractivity contribution in [3.8, 4) is 0 Å². The molecule has 2 rings (SSSR count). The van der Waals surface area contributed by atoms with Gasteiger partial charge in [-0.1, -0.05) is 18.2 Å². The molecule has 2 atom stereocenters. The highest BCUT2D eigenvalue weighted by Crippen LogP contribution is 2.18. The lowest BCUT2D eigenvalue weighted by Gasteiger charge is -2.21. The Labute approximate surface area is 107 Å². The lowest BCUT2D eigenvalue weighted by Crippen LogP contribution is -2.34. The quantitative estimate of drug-likeness (QED) is 0.863. The van der Waals surface area contributed by atoms with Crippen LogP contribution in [0.15, 0.2) is 24.3 Å². The van der Waals surface area contributed by atoms with Gasteiger partial charge in [0, 0.05) is 30.6 Å².